The summed E-state index contributed by atoms with van der Waals surface area (Å²) >= 11 is 11.6. The topological polar surface area (TPSA) is 88.9 Å². The molecule has 30 heavy (non-hydrogen) atoms. The summed E-state index contributed by atoms with van der Waals surface area (Å²) in [4.78, 5) is 41.0. The van der Waals surface area contributed by atoms with E-state index in [0.29, 0.717) is 10.7 Å². The van der Waals surface area contributed by atoms with Crippen LogP contribution in [0.1, 0.15) is 10.4 Å². The summed E-state index contributed by atoms with van der Waals surface area (Å²) in [6, 6.07) is 9.93. The third-order valence-electron chi connectivity index (χ3n) is 4.53. The second-order valence-corrected chi connectivity index (χ2v) is 7.35. The van der Waals surface area contributed by atoms with Gasteiger partial charge < -0.3 is 14.9 Å². The van der Waals surface area contributed by atoms with Crippen LogP contribution in [0.3, 0.4) is 0 Å². The van der Waals surface area contributed by atoms with Crippen molar-refractivity contribution in [2.45, 2.75) is 0 Å². The fourth-order valence-electron chi connectivity index (χ4n) is 3.14. The van der Waals surface area contributed by atoms with E-state index >= 15 is 0 Å². The number of fused-ring (bicyclic) bond motifs is 1. The van der Waals surface area contributed by atoms with E-state index in [4.69, 9.17) is 23.2 Å². The number of aromatic amines is 1. The number of aryl methyl sites for hydroxylation is 1. The highest BCUT2D eigenvalue weighted by Gasteiger charge is 2.20. The number of halogens is 3. The molecule has 0 bridgehead atoms. The van der Waals surface area contributed by atoms with E-state index in [2.05, 4.69) is 10.3 Å². The minimum atomic E-state index is -0.708. The van der Waals surface area contributed by atoms with Gasteiger partial charge in [-0.2, -0.15) is 0 Å². The quantitative estimate of drug-likeness (QED) is 0.502. The molecular formula is C20H13Cl2FN4O3. The van der Waals surface area contributed by atoms with Crippen LogP contribution in [0.5, 0.6) is 0 Å². The van der Waals surface area contributed by atoms with Gasteiger partial charge >= 0.3 is 5.69 Å². The van der Waals surface area contributed by atoms with Crippen LogP contribution in [-0.2, 0) is 7.05 Å². The molecule has 4 aromatic rings. The predicted octanol–water partition coefficient (Wildman–Crippen LogP) is 3.72. The zero-order chi connectivity index (χ0) is 21.6. The third kappa shape index (κ3) is 3.40. The molecule has 0 radical (unpaired) electrons. The largest absolute Gasteiger partial charge is 0.344 e. The third-order valence-corrected chi connectivity index (χ3v) is 5.07. The number of hydrogen-bond donors (Lipinski definition) is 2. The Hall–Kier alpha value is -3.36. The maximum Gasteiger partial charge on any atom is 0.333 e. The first kappa shape index (κ1) is 19.9. The van der Waals surface area contributed by atoms with Gasteiger partial charge in [-0.25, -0.2) is 13.8 Å². The zero-order valence-corrected chi connectivity index (χ0v) is 16.9. The lowest BCUT2D eigenvalue weighted by Crippen LogP contribution is -2.34. The monoisotopic (exact) mass is 446 g/mol. The number of nitrogens with one attached hydrogen (secondary N) is 2. The van der Waals surface area contributed by atoms with E-state index in [0.717, 1.165) is 10.6 Å². The van der Waals surface area contributed by atoms with Crippen molar-refractivity contribution in [1.29, 1.82) is 0 Å². The number of aromatic nitrogens is 3. The number of carbonyl (C=O) groups is 1. The molecule has 2 heterocycles. The molecule has 2 aromatic carbocycles. The molecule has 10 heteroatoms. The maximum atomic E-state index is 13.3. The van der Waals surface area contributed by atoms with Crippen LogP contribution in [0.15, 0.2) is 58.3 Å². The highest BCUT2D eigenvalue weighted by molar-refractivity contribution is 6.31. The molecule has 0 fully saturated rings. The Labute approximate surface area is 178 Å². The molecule has 4 rings (SSSR count). The Balaban J connectivity index is 1.82. The highest BCUT2D eigenvalue weighted by atomic mass is 35.5. The fourth-order valence-corrected chi connectivity index (χ4v) is 3.45. The number of benzene rings is 2. The molecule has 0 aliphatic carbocycles. The van der Waals surface area contributed by atoms with Gasteiger partial charge in [-0.3, -0.25) is 9.59 Å². The molecule has 1 amide bonds. The Kier molecular flexibility index (Phi) is 4.97. The Morgan fingerprint density at radius 2 is 1.80 bits per heavy atom. The lowest BCUT2D eigenvalue weighted by Gasteiger charge is -2.07. The number of H-pyrrole nitrogens is 1. The first-order valence-corrected chi connectivity index (χ1v) is 9.38. The van der Waals surface area contributed by atoms with Crippen molar-refractivity contribution in [3.63, 3.8) is 0 Å². The van der Waals surface area contributed by atoms with Crippen LogP contribution >= 0.6 is 23.2 Å². The van der Waals surface area contributed by atoms with Gasteiger partial charge in [0, 0.05) is 24.0 Å². The fraction of sp³-hybridized carbons (Fsp3) is 0.0500. The van der Waals surface area contributed by atoms with Gasteiger partial charge in [0.1, 0.15) is 11.3 Å². The lowest BCUT2D eigenvalue weighted by atomic mass is 10.2. The van der Waals surface area contributed by atoms with Crippen LogP contribution in [-0.4, -0.2) is 20.0 Å². The van der Waals surface area contributed by atoms with Gasteiger partial charge in [0.15, 0.2) is 0 Å². The summed E-state index contributed by atoms with van der Waals surface area (Å²) in [5, 5.41) is 2.89. The van der Waals surface area contributed by atoms with Crippen LogP contribution in [0.4, 0.5) is 10.1 Å². The number of amides is 1. The van der Waals surface area contributed by atoms with Crippen molar-refractivity contribution in [3.05, 3.63) is 90.9 Å². The van der Waals surface area contributed by atoms with Crippen molar-refractivity contribution in [2.75, 3.05) is 5.32 Å². The van der Waals surface area contributed by atoms with Gasteiger partial charge in [-0.05, 0) is 42.5 Å². The molecule has 0 aliphatic rings. The van der Waals surface area contributed by atoms with E-state index in [-0.39, 0.29) is 27.3 Å². The predicted molar refractivity (Wildman–Crippen MR) is 114 cm³/mol. The van der Waals surface area contributed by atoms with E-state index < -0.39 is 23.0 Å². The average Bonchev–Trinajstić information content (AvgIpc) is 3.02. The summed E-state index contributed by atoms with van der Waals surface area (Å²) in [7, 11) is 1.58. The van der Waals surface area contributed by atoms with Gasteiger partial charge in [0.05, 0.1) is 21.8 Å². The molecule has 0 unspecified atom stereocenters. The molecule has 0 saturated heterocycles. The molecule has 2 N–H and O–H groups in total. The second kappa shape index (κ2) is 7.47. The highest BCUT2D eigenvalue weighted by Crippen LogP contribution is 2.21. The van der Waals surface area contributed by atoms with E-state index in [9.17, 15) is 18.8 Å². The van der Waals surface area contributed by atoms with E-state index in [1.807, 2.05) is 0 Å². The summed E-state index contributed by atoms with van der Waals surface area (Å²) in [5.74, 6) is -1.21. The Bertz CT molecular complexity index is 1420. The standard InChI is InChI=1S/C20H13Cl2FN4O3/c1-26-9-13(18(28)24-11-4-7-15(23)14(22)8-11)16-17(26)19(29)27(20(30)25-16)12-5-2-10(21)3-6-12/h2-9H,1H3,(H,24,28)(H,25,30). The molecule has 152 valence electrons. The Morgan fingerprint density at radius 3 is 2.47 bits per heavy atom. The summed E-state index contributed by atoms with van der Waals surface area (Å²) in [6.07, 6.45) is 1.43. The minimum Gasteiger partial charge on any atom is -0.344 e. The molecule has 0 saturated carbocycles. The maximum absolute atomic E-state index is 13.3. The average molecular weight is 447 g/mol. The number of nitrogens with zero attached hydrogens (tertiary/aromatic N) is 2. The van der Waals surface area contributed by atoms with Crippen molar-refractivity contribution >= 4 is 45.8 Å². The normalized spacial score (nSPS) is 11.1. The van der Waals surface area contributed by atoms with Crippen molar-refractivity contribution < 1.29 is 9.18 Å². The van der Waals surface area contributed by atoms with Gasteiger partial charge in [0.2, 0.25) is 0 Å². The van der Waals surface area contributed by atoms with Crippen molar-refractivity contribution in [3.8, 4) is 5.69 Å². The lowest BCUT2D eigenvalue weighted by molar-refractivity contribution is 0.102. The van der Waals surface area contributed by atoms with Crippen LogP contribution in [0.25, 0.3) is 16.7 Å². The Morgan fingerprint density at radius 1 is 1.10 bits per heavy atom. The van der Waals surface area contributed by atoms with Crippen LogP contribution < -0.4 is 16.6 Å². The number of hydrogen-bond acceptors (Lipinski definition) is 3. The number of rotatable bonds is 3. The summed E-state index contributed by atoms with van der Waals surface area (Å²) in [6.45, 7) is 0. The van der Waals surface area contributed by atoms with Crippen LogP contribution in [0.2, 0.25) is 10.0 Å². The number of anilines is 1. The van der Waals surface area contributed by atoms with E-state index in [1.165, 1.54) is 22.9 Å². The molecule has 0 aliphatic heterocycles. The molecule has 0 atom stereocenters. The van der Waals surface area contributed by atoms with Gasteiger partial charge in [0.25, 0.3) is 11.5 Å². The second-order valence-electron chi connectivity index (χ2n) is 6.51. The van der Waals surface area contributed by atoms with Crippen molar-refractivity contribution in [1.82, 2.24) is 14.1 Å². The van der Waals surface area contributed by atoms with Crippen LogP contribution in [0, 0.1) is 5.82 Å². The smallest absolute Gasteiger partial charge is 0.333 e. The molecular weight excluding hydrogens is 434 g/mol. The zero-order valence-electron chi connectivity index (χ0n) is 15.4. The molecule has 2 aromatic heterocycles. The molecule has 7 nitrogen and oxygen atoms in total. The SMILES string of the molecule is Cn1cc(C(=O)Nc2ccc(F)c(Cl)c2)c2[nH]c(=O)n(-c3ccc(Cl)cc3)c(=O)c21. The van der Waals surface area contributed by atoms with Gasteiger partial charge in [-0.1, -0.05) is 23.2 Å². The van der Waals surface area contributed by atoms with Crippen molar-refractivity contribution in [2.24, 2.45) is 7.05 Å². The van der Waals surface area contributed by atoms with Gasteiger partial charge in [-0.15, -0.1) is 0 Å². The first-order chi connectivity index (χ1) is 14.3. The first-order valence-electron chi connectivity index (χ1n) is 8.63. The van der Waals surface area contributed by atoms with E-state index in [1.54, 1.807) is 31.3 Å². The number of carbonyl (C=O) groups excluding carboxylic acids is 1. The molecule has 0 spiro atoms. The summed E-state index contributed by atoms with van der Waals surface area (Å²) in [5.41, 5.74) is -0.413. The summed E-state index contributed by atoms with van der Waals surface area (Å²) < 4.78 is 15.7. The minimum absolute atomic E-state index is 0.0744.